The van der Waals surface area contributed by atoms with Crippen LogP contribution < -0.4 is 5.32 Å². The number of sulfone groups is 1. The molecule has 0 bridgehead atoms. The Morgan fingerprint density at radius 3 is 2.68 bits per heavy atom. The molecule has 1 atom stereocenters. The van der Waals surface area contributed by atoms with E-state index in [2.05, 4.69) is 5.32 Å². The van der Waals surface area contributed by atoms with Crippen molar-refractivity contribution < 1.29 is 18.3 Å². The highest BCUT2D eigenvalue weighted by Crippen LogP contribution is 2.09. The third-order valence-electron chi connectivity index (χ3n) is 3.22. The number of aliphatic hydroxyl groups is 1. The smallest absolute Gasteiger partial charge is 0.224 e. The topological polar surface area (TPSA) is 86.7 Å². The molecule has 1 unspecified atom stereocenters. The van der Waals surface area contributed by atoms with E-state index in [0.29, 0.717) is 19.5 Å². The number of carbonyl (C=O) groups excluding carboxylic acids is 1. The first kappa shape index (κ1) is 16.4. The number of nitrogens with one attached hydrogen (secondary N) is 1. The maximum Gasteiger partial charge on any atom is 0.224 e. The highest BCUT2D eigenvalue weighted by Gasteiger charge is 2.28. The molecular formula is C12H24N2O4S. The SMILES string of the molecule is CC(C)N(CCCO)C(=O)CC1CS(=O)(=O)CCN1. The van der Waals surface area contributed by atoms with Gasteiger partial charge in [-0.2, -0.15) is 0 Å². The Hall–Kier alpha value is -0.660. The van der Waals surface area contributed by atoms with Gasteiger partial charge in [0.05, 0.1) is 11.5 Å². The Balaban J connectivity index is 2.56. The quantitative estimate of drug-likeness (QED) is 0.681. The van der Waals surface area contributed by atoms with Crippen LogP contribution in [0.2, 0.25) is 0 Å². The maximum absolute atomic E-state index is 12.2. The van der Waals surface area contributed by atoms with Crippen molar-refractivity contribution in [2.75, 3.05) is 31.2 Å². The standard InChI is InChI=1S/C12H24N2O4S/c1-10(2)14(5-3-6-15)12(16)8-11-9-19(17,18)7-4-13-11/h10-11,13,15H,3-9H2,1-2H3. The van der Waals surface area contributed by atoms with Crippen LogP contribution in [-0.4, -0.2) is 67.6 Å². The monoisotopic (exact) mass is 292 g/mol. The molecule has 0 spiro atoms. The largest absolute Gasteiger partial charge is 0.396 e. The van der Waals surface area contributed by atoms with E-state index >= 15 is 0 Å². The summed E-state index contributed by atoms with van der Waals surface area (Å²) in [5.74, 6) is 0.124. The van der Waals surface area contributed by atoms with E-state index in [-0.39, 0.29) is 42.5 Å². The number of nitrogens with zero attached hydrogens (tertiary/aromatic N) is 1. The molecule has 2 N–H and O–H groups in total. The van der Waals surface area contributed by atoms with Crippen molar-refractivity contribution in [2.45, 2.75) is 38.8 Å². The van der Waals surface area contributed by atoms with Crippen LogP contribution in [0.15, 0.2) is 0 Å². The molecule has 6 nitrogen and oxygen atoms in total. The molecule has 0 aromatic carbocycles. The van der Waals surface area contributed by atoms with Crippen molar-refractivity contribution in [3.8, 4) is 0 Å². The summed E-state index contributed by atoms with van der Waals surface area (Å²) >= 11 is 0. The summed E-state index contributed by atoms with van der Waals surface area (Å²) in [6, 6.07) is -0.235. The van der Waals surface area contributed by atoms with E-state index in [1.807, 2.05) is 13.8 Å². The van der Waals surface area contributed by atoms with Gasteiger partial charge < -0.3 is 15.3 Å². The molecule has 0 saturated carbocycles. The minimum absolute atomic E-state index is 0.0324. The van der Waals surface area contributed by atoms with Gasteiger partial charge in [0, 0.05) is 38.2 Å². The van der Waals surface area contributed by atoms with Gasteiger partial charge in [0.15, 0.2) is 9.84 Å². The van der Waals surface area contributed by atoms with E-state index in [0.717, 1.165) is 0 Å². The molecule has 1 amide bonds. The highest BCUT2D eigenvalue weighted by atomic mass is 32.2. The maximum atomic E-state index is 12.2. The van der Waals surface area contributed by atoms with Crippen LogP contribution >= 0.6 is 0 Å². The van der Waals surface area contributed by atoms with Gasteiger partial charge in [0.25, 0.3) is 0 Å². The fourth-order valence-electron chi connectivity index (χ4n) is 2.24. The Kier molecular flexibility index (Phi) is 6.22. The van der Waals surface area contributed by atoms with Crippen LogP contribution in [-0.2, 0) is 14.6 Å². The lowest BCUT2D eigenvalue weighted by Crippen LogP contribution is -2.49. The second-order valence-corrected chi connectivity index (χ2v) is 7.46. The van der Waals surface area contributed by atoms with Crippen molar-refractivity contribution >= 4 is 15.7 Å². The number of hydrogen-bond acceptors (Lipinski definition) is 5. The van der Waals surface area contributed by atoms with Gasteiger partial charge in [-0.25, -0.2) is 8.42 Å². The first-order valence-corrected chi connectivity index (χ1v) is 8.52. The number of amides is 1. The van der Waals surface area contributed by atoms with Crippen LogP contribution in [0.3, 0.4) is 0 Å². The predicted molar refractivity (Wildman–Crippen MR) is 73.6 cm³/mol. The average Bonchev–Trinajstić information content (AvgIpc) is 2.27. The summed E-state index contributed by atoms with van der Waals surface area (Å²) in [6.07, 6.45) is 0.739. The molecular weight excluding hydrogens is 268 g/mol. The normalized spacial score (nSPS) is 22.4. The van der Waals surface area contributed by atoms with Gasteiger partial charge in [-0.15, -0.1) is 0 Å². The van der Waals surface area contributed by atoms with Crippen molar-refractivity contribution in [3.63, 3.8) is 0 Å². The first-order chi connectivity index (χ1) is 8.85. The highest BCUT2D eigenvalue weighted by molar-refractivity contribution is 7.91. The molecule has 1 aliphatic heterocycles. The summed E-state index contributed by atoms with van der Waals surface area (Å²) in [5.41, 5.74) is 0. The number of carbonyl (C=O) groups is 1. The van der Waals surface area contributed by atoms with Gasteiger partial charge in [0.1, 0.15) is 0 Å². The van der Waals surface area contributed by atoms with Crippen molar-refractivity contribution in [2.24, 2.45) is 0 Å². The van der Waals surface area contributed by atoms with Gasteiger partial charge in [-0.3, -0.25) is 4.79 Å². The Morgan fingerprint density at radius 1 is 1.47 bits per heavy atom. The predicted octanol–water partition coefficient (Wildman–Crippen LogP) is -0.617. The first-order valence-electron chi connectivity index (χ1n) is 6.70. The van der Waals surface area contributed by atoms with Gasteiger partial charge in [0.2, 0.25) is 5.91 Å². The molecule has 0 aromatic heterocycles. The van der Waals surface area contributed by atoms with Crippen LogP contribution in [0.5, 0.6) is 0 Å². The molecule has 1 fully saturated rings. The fraction of sp³-hybridized carbons (Fsp3) is 0.917. The van der Waals surface area contributed by atoms with Gasteiger partial charge >= 0.3 is 0 Å². The minimum Gasteiger partial charge on any atom is -0.396 e. The molecule has 1 saturated heterocycles. The second-order valence-electron chi connectivity index (χ2n) is 5.23. The Labute approximate surface area is 115 Å². The lowest BCUT2D eigenvalue weighted by atomic mass is 10.1. The summed E-state index contributed by atoms with van der Waals surface area (Å²) in [4.78, 5) is 13.9. The zero-order valence-electron chi connectivity index (χ0n) is 11.6. The van der Waals surface area contributed by atoms with E-state index in [4.69, 9.17) is 5.11 Å². The third-order valence-corrected chi connectivity index (χ3v) is 4.96. The molecule has 0 aliphatic carbocycles. The second kappa shape index (κ2) is 7.21. The minimum atomic E-state index is -3.01. The van der Waals surface area contributed by atoms with Crippen molar-refractivity contribution in [1.29, 1.82) is 0 Å². The molecule has 0 radical (unpaired) electrons. The summed E-state index contributed by atoms with van der Waals surface area (Å²) in [6.45, 7) is 4.80. The number of aliphatic hydroxyl groups excluding tert-OH is 1. The van der Waals surface area contributed by atoms with Crippen LogP contribution in [0.1, 0.15) is 26.7 Å². The van der Waals surface area contributed by atoms with E-state index < -0.39 is 9.84 Å². The lowest BCUT2D eigenvalue weighted by Gasteiger charge is -2.30. The molecule has 7 heteroatoms. The van der Waals surface area contributed by atoms with E-state index in [1.54, 1.807) is 4.90 Å². The fourth-order valence-corrected chi connectivity index (χ4v) is 3.68. The zero-order chi connectivity index (χ0) is 14.5. The zero-order valence-corrected chi connectivity index (χ0v) is 12.4. The summed E-state index contributed by atoms with van der Waals surface area (Å²) in [7, 11) is -3.01. The Morgan fingerprint density at radius 2 is 2.16 bits per heavy atom. The van der Waals surface area contributed by atoms with Crippen molar-refractivity contribution in [1.82, 2.24) is 10.2 Å². The molecule has 1 rings (SSSR count). The molecule has 1 aliphatic rings. The number of rotatable bonds is 6. The molecule has 19 heavy (non-hydrogen) atoms. The van der Waals surface area contributed by atoms with Gasteiger partial charge in [-0.1, -0.05) is 0 Å². The van der Waals surface area contributed by atoms with Gasteiger partial charge in [-0.05, 0) is 20.3 Å². The van der Waals surface area contributed by atoms with Crippen LogP contribution in [0.4, 0.5) is 0 Å². The van der Waals surface area contributed by atoms with Crippen LogP contribution in [0, 0.1) is 0 Å². The molecule has 112 valence electrons. The summed E-state index contributed by atoms with van der Waals surface area (Å²) < 4.78 is 23.0. The molecule has 0 aromatic rings. The third kappa shape index (κ3) is 5.46. The van der Waals surface area contributed by atoms with Crippen molar-refractivity contribution in [3.05, 3.63) is 0 Å². The number of hydrogen-bond donors (Lipinski definition) is 2. The summed E-state index contributed by atoms with van der Waals surface area (Å²) in [5, 5.41) is 11.9. The average molecular weight is 292 g/mol. The Bertz CT molecular complexity index is 395. The van der Waals surface area contributed by atoms with E-state index in [1.165, 1.54) is 0 Å². The van der Waals surface area contributed by atoms with Crippen LogP contribution in [0.25, 0.3) is 0 Å². The van der Waals surface area contributed by atoms with E-state index in [9.17, 15) is 13.2 Å². The lowest BCUT2D eigenvalue weighted by molar-refractivity contribution is -0.133. The molecule has 1 heterocycles.